The first-order chi connectivity index (χ1) is 4.01. The first kappa shape index (κ1) is 7.66. The molecule has 6 heteroatoms. The van der Waals surface area contributed by atoms with E-state index in [1.165, 1.54) is 6.92 Å². The molecular formula is C3H5BrFO3P. The van der Waals surface area contributed by atoms with Gasteiger partial charge in [-0.3, -0.25) is 9.05 Å². The summed E-state index contributed by atoms with van der Waals surface area (Å²) in [6.07, 6.45) is -5.53. The molecule has 1 aliphatic rings. The van der Waals surface area contributed by atoms with Crippen LogP contribution in [0, 0.1) is 0 Å². The molecule has 0 aromatic rings. The van der Waals surface area contributed by atoms with Gasteiger partial charge in [0, 0.05) is 15.5 Å². The van der Waals surface area contributed by atoms with Crippen molar-refractivity contribution in [1.82, 2.24) is 0 Å². The van der Waals surface area contributed by atoms with Crippen molar-refractivity contribution in [3.63, 3.8) is 0 Å². The van der Waals surface area contributed by atoms with Gasteiger partial charge in [-0.25, -0.2) is 8.96 Å². The number of rotatable bonds is 0. The molecule has 1 saturated heterocycles. The minimum Gasteiger partial charge on any atom is -0.292 e. The number of halogens is 2. The maximum absolute atomic E-state index is 12.3. The lowest BCUT2D eigenvalue weighted by Gasteiger charge is -1.97. The zero-order valence-corrected chi connectivity index (χ0v) is 7.06. The Labute approximate surface area is 59.8 Å². The van der Waals surface area contributed by atoms with E-state index in [4.69, 9.17) is 0 Å². The van der Waals surface area contributed by atoms with Crippen molar-refractivity contribution in [1.29, 1.82) is 0 Å². The summed E-state index contributed by atoms with van der Waals surface area (Å²) in [6.45, 7) is 1.45. The quantitative estimate of drug-likeness (QED) is 0.586. The van der Waals surface area contributed by atoms with Crippen molar-refractivity contribution in [2.45, 2.75) is 19.4 Å². The van der Waals surface area contributed by atoms with E-state index in [9.17, 15) is 8.96 Å². The van der Waals surface area contributed by atoms with Crippen LogP contribution >= 0.6 is 21.8 Å². The van der Waals surface area contributed by atoms with E-state index in [0.29, 0.717) is 0 Å². The second-order valence-corrected chi connectivity index (χ2v) is 5.59. The Hall–Kier alpha value is 0.560. The molecule has 1 aliphatic heterocycles. The van der Waals surface area contributed by atoms with Gasteiger partial charge in [0.2, 0.25) is 6.36 Å². The predicted octanol–water partition coefficient (Wildman–Crippen LogP) is 2.22. The summed E-state index contributed by atoms with van der Waals surface area (Å²) >= 11 is 2.59. The van der Waals surface area contributed by atoms with E-state index in [0.717, 1.165) is 0 Å². The van der Waals surface area contributed by atoms with Crippen LogP contribution in [0.15, 0.2) is 0 Å². The standard InChI is InChI=1S/C3H5BrFO3P/c1-2-3(5)8-9(4,6)7-2/h2-3H,1H3. The van der Waals surface area contributed by atoms with Crippen LogP contribution in [0.4, 0.5) is 4.39 Å². The molecular weight excluding hydrogens is 214 g/mol. The summed E-state index contributed by atoms with van der Waals surface area (Å²) in [5, 5.41) is 0. The van der Waals surface area contributed by atoms with Crippen molar-refractivity contribution in [2.75, 3.05) is 0 Å². The van der Waals surface area contributed by atoms with Crippen LogP contribution in [-0.2, 0) is 13.6 Å². The van der Waals surface area contributed by atoms with Gasteiger partial charge in [0.1, 0.15) is 6.10 Å². The molecule has 1 heterocycles. The Bertz CT molecular complexity index is 149. The minimum atomic E-state index is -3.22. The average Bonchev–Trinajstić information content (AvgIpc) is 1.79. The summed E-state index contributed by atoms with van der Waals surface area (Å²) in [5.74, 6) is 0. The van der Waals surface area contributed by atoms with E-state index < -0.39 is 18.8 Å². The van der Waals surface area contributed by atoms with Gasteiger partial charge in [-0.15, -0.1) is 0 Å². The fourth-order valence-corrected chi connectivity index (χ4v) is 2.70. The smallest absolute Gasteiger partial charge is 0.292 e. The highest BCUT2D eigenvalue weighted by molar-refractivity contribution is 9.39. The van der Waals surface area contributed by atoms with Crippen molar-refractivity contribution in [2.24, 2.45) is 0 Å². The number of hydrogen-bond donors (Lipinski definition) is 0. The highest BCUT2D eigenvalue weighted by atomic mass is 79.9. The number of hydrogen-bond acceptors (Lipinski definition) is 3. The van der Waals surface area contributed by atoms with E-state index in [1.807, 2.05) is 0 Å². The van der Waals surface area contributed by atoms with Crippen molar-refractivity contribution in [3.8, 4) is 0 Å². The minimum absolute atomic E-state index is 0.741. The topological polar surface area (TPSA) is 35.5 Å². The van der Waals surface area contributed by atoms with Gasteiger partial charge in [-0.2, -0.15) is 0 Å². The summed E-state index contributed by atoms with van der Waals surface area (Å²) < 4.78 is 31.7. The van der Waals surface area contributed by atoms with Crippen LogP contribution in [0.5, 0.6) is 0 Å². The van der Waals surface area contributed by atoms with Crippen molar-refractivity contribution in [3.05, 3.63) is 0 Å². The van der Waals surface area contributed by atoms with Gasteiger partial charge in [0.05, 0.1) is 0 Å². The highest BCUT2D eigenvalue weighted by Crippen LogP contribution is 2.62. The summed E-state index contributed by atoms with van der Waals surface area (Å²) in [6, 6.07) is 0. The first-order valence-electron chi connectivity index (χ1n) is 2.32. The third kappa shape index (κ3) is 1.74. The van der Waals surface area contributed by atoms with Crippen molar-refractivity contribution >= 4 is 21.8 Å². The van der Waals surface area contributed by atoms with Crippen molar-refractivity contribution < 1.29 is 18.0 Å². The predicted molar refractivity (Wildman–Crippen MR) is 33.1 cm³/mol. The zero-order valence-electron chi connectivity index (χ0n) is 4.58. The van der Waals surface area contributed by atoms with Crippen LogP contribution < -0.4 is 0 Å². The highest BCUT2D eigenvalue weighted by Gasteiger charge is 2.40. The van der Waals surface area contributed by atoms with Gasteiger partial charge in [0.15, 0.2) is 0 Å². The Kier molecular flexibility index (Phi) is 1.97. The summed E-state index contributed by atoms with van der Waals surface area (Å²) in [5.41, 5.74) is 0. The third-order valence-electron chi connectivity index (χ3n) is 0.888. The van der Waals surface area contributed by atoms with Gasteiger partial charge in [-0.05, 0) is 6.92 Å². The molecule has 54 valence electrons. The van der Waals surface area contributed by atoms with Crippen LogP contribution in [0.3, 0.4) is 0 Å². The lowest BCUT2D eigenvalue weighted by atomic mass is 10.4. The zero-order chi connectivity index (χ0) is 7.07. The monoisotopic (exact) mass is 218 g/mol. The van der Waals surface area contributed by atoms with Gasteiger partial charge < -0.3 is 0 Å². The third-order valence-corrected chi connectivity index (χ3v) is 2.93. The Morgan fingerprint density at radius 1 is 1.67 bits per heavy atom. The average molecular weight is 219 g/mol. The first-order valence-corrected chi connectivity index (χ1v) is 5.88. The van der Waals surface area contributed by atoms with E-state index in [2.05, 4.69) is 24.5 Å². The fraction of sp³-hybridized carbons (Fsp3) is 1.00. The van der Waals surface area contributed by atoms with Gasteiger partial charge >= 0.3 is 6.30 Å². The summed E-state index contributed by atoms with van der Waals surface area (Å²) in [4.78, 5) is 0. The molecule has 0 N–H and O–H groups in total. The maximum atomic E-state index is 12.3. The van der Waals surface area contributed by atoms with E-state index in [-0.39, 0.29) is 0 Å². The number of alkyl halides is 1. The SMILES string of the molecule is CC1OP(=O)(Br)OC1F. The molecule has 9 heavy (non-hydrogen) atoms. The lowest BCUT2D eigenvalue weighted by molar-refractivity contribution is 0.0481. The molecule has 0 saturated carbocycles. The normalized spacial score (nSPS) is 51.9. The Morgan fingerprint density at radius 2 is 2.22 bits per heavy atom. The van der Waals surface area contributed by atoms with E-state index in [1.54, 1.807) is 0 Å². The molecule has 1 rings (SSSR count). The lowest BCUT2D eigenvalue weighted by Crippen LogP contribution is -2.11. The molecule has 0 spiro atoms. The molecule has 0 aromatic heterocycles. The molecule has 0 amide bonds. The molecule has 3 nitrogen and oxygen atoms in total. The van der Waals surface area contributed by atoms with Gasteiger partial charge in [0.25, 0.3) is 0 Å². The van der Waals surface area contributed by atoms with Gasteiger partial charge in [-0.1, -0.05) is 0 Å². The molecule has 3 unspecified atom stereocenters. The van der Waals surface area contributed by atoms with Crippen LogP contribution in [0.25, 0.3) is 0 Å². The molecule has 0 aromatic carbocycles. The Morgan fingerprint density at radius 3 is 2.33 bits per heavy atom. The molecule has 0 aliphatic carbocycles. The molecule has 3 atom stereocenters. The Balaban J connectivity index is 2.65. The van der Waals surface area contributed by atoms with E-state index >= 15 is 0 Å². The molecule has 0 bridgehead atoms. The molecule has 0 radical (unpaired) electrons. The second-order valence-electron chi connectivity index (χ2n) is 1.70. The maximum Gasteiger partial charge on any atom is 0.399 e. The fourth-order valence-electron chi connectivity index (χ4n) is 0.477. The van der Waals surface area contributed by atoms with Crippen LogP contribution in [-0.4, -0.2) is 12.5 Å². The van der Waals surface area contributed by atoms with Crippen LogP contribution in [0.1, 0.15) is 6.92 Å². The molecule has 1 fully saturated rings. The summed E-state index contributed by atoms with van der Waals surface area (Å²) in [7, 11) is 0. The second kappa shape index (κ2) is 2.31. The van der Waals surface area contributed by atoms with Crippen LogP contribution in [0.2, 0.25) is 0 Å². The largest absolute Gasteiger partial charge is 0.399 e.